The van der Waals surface area contributed by atoms with Gasteiger partial charge in [-0.25, -0.2) is 9.97 Å². The van der Waals surface area contributed by atoms with Gasteiger partial charge in [0.05, 0.1) is 5.02 Å². The largest absolute Gasteiger partial charge is 0.459 e. The van der Waals surface area contributed by atoms with Crippen LogP contribution in [0.1, 0.15) is 19.5 Å². The molecule has 0 fully saturated rings. The molecule has 0 unspecified atom stereocenters. The van der Waals surface area contributed by atoms with E-state index in [4.69, 9.17) is 16.0 Å². The topological polar surface area (TPSA) is 69.1 Å². The number of pyridine rings is 2. The Balaban J connectivity index is 0.00000109. The van der Waals surface area contributed by atoms with E-state index in [1.807, 2.05) is 13.8 Å². The molecule has 0 aromatic carbocycles. The van der Waals surface area contributed by atoms with E-state index in [1.54, 1.807) is 0 Å². The van der Waals surface area contributed by atoms with Crippen LogP contribution in [-0.4, -0.2) is 30.7 Å². The molecule has 0 aliphatic heterocycles. The first kappa shape index (κ1) is 19.9. The summed E-state index contributed by atoms with van der Waals surface area (Å²) in [5, 5.41) is 7.03. The lowest BCUT2D eigenvalue weighted by Crippen LogP contribution is -2.34. The second kappa shape index (κ2) is 6.97. The van der Waals surface area contributed by atoms with Crippen LogP contribution in [0.4, 0.5) is 22.0 Å². The number of nitrogens with zero attached hydrogens (tertiary/aromatic N) is 5. The highest BCUT2D eigenvalue weighted by Gasteiger charge is 2.60. The van der Waals surface area contributed by atoms with Crippen LogP contribution in [0.5, 0.6) is 0 Å². The number of rotatable bonds is 2. The maximum absolute atomic E-state index is 13.7. The maximum atomic E-state index is 13.7. The number of hydrogen-bond acceptors (Lipinski definition) is 5. The molecule has 0 aliphatic carbocycles. The van der Waals surface area contributed by atoms with Gasteiger partial charge in [0.1, 0.15) is 22.7 Å². The average Bonchev–Trinajstić information content (AvgIpc) is 3.31. The lowest BCUT2D eigenvalue weighted by atomic mass is 10.1. The molecule has 0 radical (unpaired) electrons. The Morgan fingerprint density at radius 1 is 1.07 bits per heavy atom. The van der Waals surface area contributed by atoms with Gasteiger partial charge in [-0.3, -0.25) is 4.40 Å². The smallest absolute Gasteiger partial charge is 0.422 e. The van der Waals surface area contributed by atoms with Gasteiger partial charge in [0.25, 0.3) is 5.89 Å². The molecule has 4 aromatic heterocycles. The predicted molar refractivity (Wildman–Crippen MR) is 90.1 cm³/mol. The number of alkyl halides is 5. The van der Waals surface area contributed by atoms with E-state index in [0.29, 0.717) is 6.07 Å². The molecule has 0 saturated carbocycles. The molecule has 0 aliphatic rings. The number of halogens is 6. The van der Waals surface area contributed by atoms with Gasteiger partial charge in [-0.2, -0.15) is 22.0 Å². The van der Waals surface area contributed by atoms with Crippen molar-refractivity contribution >= 4 is 28.3 Å². The van der Waals surface area contributed by atoms with E-state index in [0.717, 1.165) is 6.39 Å². The lowest BCUT2D eigenvalue weighted by molar-refractivity contribution is -0.290. The quantitative estimate of drug-likeness (QED) is 0.414. The molecule has 0 spiro atoms. The number of fused-ring (bicyclic) bond motifs is 3. The molecule has 0 N–H and O–H groups in total. The van der Waals surface area contributed by atoms with Crippen LogP contribution in [0.2, 0.25) is 5.02 Å². The zero-order valence-electron chi connectivity index (χ0n) is 14.3. The number of aromatic nitrogens is 5. The summed E-state index contributed by atoms with van der Waals surface area (Å²) < 4.78 is 71.6. The average molecular weight is 420 g/mol. The predicted octanol–water partition coefficient (Wildman–Crippen LogP) is 5.27. The van der Waals surface area contributed by atoms with E-state index in [9.17, 15) is 22.0 Å². The van der Waals surface area contributed by atoms with Crippen LogP contribution in [-0.2, 0) is 5.92 Å². The summed E-state index contributed by atoms with van der Waals surface area (Å²) in [6.07, 6.45) is -3.42. The van der Waals surface area contributed by atoms with Gasteiger partial charge in [-0.05, 0) is 18.2 Å². The minimum Gasteiger partial charge on any atom is -0.422 e. The van der Waals surface area contributed by atoms with Crippen molar-refractivity contribution < 1.29 is 26.4 Å². The molecule has 12 heteroatoms. The summed E-state index contributed by atoms with van der Waals surface area (Å²) >= 11 is 5.91. The maximum Gasteiger partial charge on any atom is 0.459 e. The highest BCUT2D eigenvalue weighted by Crippen LogP contribution is 2.44. The van der Waals surface area contributed by atoms with E-state index in [2.05, 4.69) is 20.2 Å². The van der Waals surface area contributed by atoms with Crippen molar-refractivity contribution in [1.29, 1.82) is 0 Å². The normalized spacial score (nSPS) is 12.3. The highest BCUT2D eigenvalue weighted by atomic mass is 35.5. The fraction of sp³-hybridized carbons (Fsp3) is 0.250. The fourth-order valence-electron chi connectivity index (χ4n) is 2.38. The minimum absolute atomic E-state index is 0.0460. The zero-order chi connectivity index (χ0) is 20.7. The van der Waals surface area contributed by atoms with Crippen molar-refractivity contribution in [2.45, 2.75) is 25.9 Å². The number of hydrogen-bond donors (Lipinski definition) is 0. The SMILES string of the molecule is CC.FC(F)(F)C(F)(F)c1cc(Cl)c2ccc3nc(-c4nnco4)cn3c2n1. The molecular weight excluding hydrogens is 409 g/mol. The van der Waals surface area contributed by atoms with E-state index in [-0.39, 0.29) is 33.3 Å². The molecule has 0 atom stereocenters. The Hall–Kier alpha value is -2.82. The van der Waals surface area contributed by atoms with Crippen molar-refractivity contribution in [2.24, 2.45) is 0 Å². The molecule has 4 aromatic rings. The van der Waals surface area contributed by atoms with Crippen molar-refractivity contribution in [3.05, 3.63) is 41.5 Å². The third-order valence-corrected chi connectivity index (χ3v) is 3.92. The van der Waals surface area contributed by atoms with Crippen LogP contribution in [0.3, 0.4) is 0 Å². The zero-order valence-corrected chi connectivity index (χ0v) is 15.1. The Labute approximate surface area is 159 Å². The van der Waals surface area contributed by atoms with Gasteiger partial charge in [0, 0.05) is 11.6 Å². The summed E-state index contributed by atoms with van der Waals surface area (Å²) in [5.74, 6) is -5.12. The Kier molecular flexibility index (Phi) is 4.96. The molecule has 0 bridgehead atoms. The third-order valence-electron chi connectivity index (χ3n) is 3.61. The van der Waals surface area contributed by atoms with E-state index < -0.39 is 17.8 Å². The molecular formula is C16H11ClF5N5O. The van der Waals surface area contributed by atoms with Gasteiger partial charge < -0.3 is 4.42 Å². The van der Waals surface area contributed by atoms with E-state index in [1.165, 1.54) is 22.7 Å². The first-order chi connectivity index (χ1) is 13.2. The molecule has 148 valence electrons. The van der Waals surface area contributed by atoms with Gasteiger partial charge in [0.2, 0.25) is 6.39 Å². The van der Waals surface area contributed by atoms with Gasteiger partial charge in [-0.15, -0.1) is 10.2 Å². The Morgan fingerprint density at radius 2 is 1.79 bits per heavy atom. The van der Waals surface area contributed by atoms with Crippen LogP contribution in [0, 0.1) is 0 Å². The van der Waals surface area contributed by atoms with Gasteiger partial charge in [-0.1, -0.05) is 25.4 Å². The van der Waals surface area contributed by atoms with Crippen molar-refractivity contribution in [3.63, 3.8) is 0 Å². The standard InChI is InChI=1S/C14H5ClF5N5O.C2H6/c15-7-3-9(13(16,17)14(18,19)20)23-11-6(7)1-2-10-22-8(4-25(10)11)12-24-21-5-26-12;1-2/h1-5H;1-2H3. The summed E-state index contributed by atoms with van der Waals surface area (Å²) in [6, 6.07) is 3.41. The summed E-state index contributed by atoms with van der Waals surface area (Å²) in [6.45, 7) is 4.00. The first-order valence-corrected chi connectivity index (χ1v) is 8.26. The minimum atomic E-state index is -5.81. The Morgan fingerprint density at radius 3 is 2.39 bits per heavy atom. The second-order valence-corrected chi connectivity index (χ2v) is 5.64. The highest BCUT2D eigenvalue weighted by molar-refractivity contribution is 6.35. The summed E-state index contributed by atoms with van der Waals surface area (Å²) in [7, 11) is 0. The molecule has 28 heavy (non-hydrogen) atoms. The van der Waals surface area contributed by atoms with Crippen LogP contribution < -0.4 is 0 Å². The summed E-state index contributed by atoms with van der Waals surface area (Å²) in [5.41, 5.74) is -1.31. The monoisotopic (exact) mass is 419 g/mol. The lowest BCUT2D eigenvalue weighted by Gasteiger charge is -2.19. The van der Waals surface area contributed by atoms with Gasteiger partial charge >= 0.3 is 12.1 Å². The number of imidazole rings is 1. The van der Waals surface area contributed by atoms with Crippen LogP contribution in [0.15, 0.2) is 35.2 Å². The molecule has 0 amide bonds. The van der Waals surface area contributed by atoms with Crippen LogP contribution in [0.25, 0.3) is 28.3 Å². The van der Waals surface area contributed by atoms with Crippen molar-refractivity contribution in [1.82, 2.24) is 24.6 Å². The van der Waals surface area contributed by atoms with E-state index >= 15 is 0 Å². The summed E-state index contributed by atoms with van der Waals surface area (Å²) in [4.78, 5) is 7.65. The Bertz CT molecular complexity index is 1120. The van der Waals surface area contributed by atoms with Crippen LogP contribution >= 0.6 is 11.6 Å². The molecule has 4 rings (SSSR count). The van der Waals surface area contributed by atoms with Crippen molar-refractivity contribution in [3.8, 4) is 11.6 Å². The van der Waals surface area contributed by atoms with Crippen molar-refractivity contribution in [2.75, 3.05) is 0 Å². The third kappa shape index (κ3) is 3.15. The van der Waals surface area contributed by atoms with Gasteiger partial charge in [0.15, 0.2) is 0 Å². The molecule has 0 saturated heterocycles. The molecule has 4 heterocycles. The molecule has 6 nitrogen and oxygen atoms in total. The second-order valence-electron chi connectivity index (χ2n) is 5.23. The fourth-order valence-corrected chi connectivity index (χ4v) is 2.63. The first-order valence-electron chi connectivity index (χ1n) is 7.88.